The molecule has 4 nitrogen and oxygen atoms in total. The molecule has 0 spiro atoms. The minimum absolute atomic E-state index is 0.0322. The van der Waals surface area contributed by atoms with Crippen LogP contribution in [-0.2, 0) is 11.2 Å². The molecular formula is C17H17N3OS. The van der Waals surface area contributed by atoms with Gasteiger partial charge in [-0.05, 0) is 22.9 Å². The highest BCUT2D eigenvalue weighted by Crippen LogP contribution is 2.38. The Morgan fingerprint density at radius 2 is 2.09 bits per heavy atom. The number of amides is 1. The van der Waals surface area contributed by atoms with E-state index in [-0.39, 0.29) is 5.91 Å². The van der Waals surface area contributed by atoms with Crippen LogP contribution in [0, 0.1) is 0 Å². The summed E-state index contributed by atoms with van der Waals surface area (Å²) in [5.41, 5.74) is 9.41. The van der Waals surface area contributed by atoms with Crippen LogP contribution in [0.2, 0.25) is 0 Å². The summed E-state index contributed by atoms with van der Waals surface area (Å²) in [5, 5.41) is 5.75. The lowest BCUT2D eigenvalue weighted by Crippen LogP contribution is -2.18. The second-order valence-corrected chi connectivity index (χ2v) is 5.94. The van der Waals surface area contributed by atoms with E-state index in [1.165, 1.54) is 0 Å². The number of benzene rings is 1. The molecular weight excluding hydrogens is 294 g/mol. The van der Waals surface area contributed by atoms with Gasteiger partial charge in [0.2, 0.25) is 5.91 Å². The van der Waals surface area contributed by atoms with Gasteiger partial charge in [-0.1, -0.05) is 30.3 Å². The Bertz CT molecular complexity index is 811. The number of hydrogen-bond acceptors (Lipinski definition) is 4. The van der Waals surface area contributed by atoms with Crippen LogP contribution in [0.15, 0.2) is 41.9 Å². The smallest absolute Gasteiger partial charge is 0.220 e. The van der Waals surface area contributed by atoms with Gasteiger partial charge in [0.15, 0.2) is 0 Å². The molecule has 3 rings (SSSR count). The fourth-order valence-corrected chi connectivity index (χ4v) is 3.63. The molecule has 22 heavy (non-hydrogen) atoms. The van der Waals surface area contributed by atoms with Gasteiger partial charge in [-0.2, -0.15) is 0 Å². The minimum Gasteiger partial charge on any atom is -0.383 e. The molecule has 2 heterocycles. The van der Waals surface area contributed by atoms with Crippen molar-refractivity contribution < 1.29 is 4.79 Å². The van der Waals surface area contributed by atoms with Crippen LogP contribution in [0.4, 0.5) is 5.82 Å². The standard InChI is InChI=1S/C17H17N3OS/c1-19-14(21)8-7-12-9-20-17(18)15-13(10-22-16(12)15)11-5-3-2-4-6-11/h2-6,9-10H,7-8H2,1H3,(H2,18,20)(H,19,21). The summed E-state index contributed by atoms with van der Waals surface area (Å²) in [7, 11) is 1.65. The fourth-order valence-electron chi connectivity index (χ4n) is 2.50. The van der Waals surface area contributed by atoms with E-state index in [0.717, 1.165) is 26.8 Å². The highest BCUT2D eigenvalue weighted by atomic mass is 32.1. The summed E-state index contributed by atoms with van der Waals surface area (Å²) >= 11 is 1.66. The van der Waals surface area contributed by atoms with E-state index in [0.29, 0.717) is 18.7 Å². The van der Waals surface area contributed by atoms with Crippen molar-refractivity contribution in [2.75, 3.05) is 12.8 Å². The van der Waals surface area contributed by atoms with Crippen molar-refractivity contribution in [3.63, 3.8) is 0 Å². The molecule has 0 atom stereocenters. The zero-order valence-electron chi connectivity index (χ0n) is 12.3. The summed E-state index contributed by atoms with van der Waals surface area (Å²) in [6.07, 6.45) is 2.90. The zero-order valence-corrected chi connectivity index (χ0v) is 13.1. The third-order valence-corrected chi connectivity index (χ3v) is 4.74. The third-order valence-electron chi connectivity index (χ3n) is 3.68. The van der Waals surface area contributed by atoms with Crippen LogP contribution in [0.1, 0.15) is 12.0 Å². The number of pyridine rings is 1. The number of carbonyl (C=O) groups excluding carboxylic acids is 1. The molecule has 0 saturated heterocycles. The minimum atomic E-state index is 0.0322. The number of aryl methyl sites for hydroxylation is 1. The van der Waals surface area contributed by atoms with E-state index in [2.05, 4.69) is 27.8 Å². The molecule has 0 bridgehead atoms. The maximum absolute atomic E-state index is 11.5. The van der Waals surface area contributed by atoms with E-state index >= 15 is 0 Å². The lowest BCUT2D eigenvalue weighted by molar-refractivity contribution is -0.120. The van der Waals surface area contributed by atoms with Gasteiger partial charge in [0.05, 0.1) is 0 Å². The molecule has 112 valence electrons. The van der Waals surface area contributed by atoms with Crippen molar-refractivity contribution in [1.82, 2.24) is 10.3 Å². The highest BCUT2D eigenvalue weighted by Gasteiger charge is 2.14. The number of nitrogen functional groups attached to an aromatic ring is 1. The molecule has 2 aromatic heterocycles. The highest BCUT2D eigenvalue weighted by molar-refractivity contribution is 7.18. The third kappa shape index (κ3) is 2.67. The second-order valence-electron chi connectivity index (χ2n) is 5.06. The van der Waals surface area contributed by atoms with Crippen LogP contribution in [0.5, 0.6) is 0 Å². The van der Waals surface area contributed by atoms with Gasteiger partial charge in [-0.25, -0.2) is 4.98 Å². The first-order valence-electron chi connectivity index (χ1n) is 7.11. The van der Waals surface area contributed by atoms with Gasteiger partial charge in [-0.3, -0.25) is 4.79 Å². The van der Waals surface area contributed by atoms with E-state index < -0.39 is 0 Å². The monoisotopic (exact) mass is 311 g/mol. The predicted octanol–water partition coefficient (Wildman–Crippen LogP) is 3.22. The maximum atomic E-state index is 11.5. The molecule has 0 saturated carbocycles. The fraction of sp³-hybridized carbons (Fsp3) is 0.176. The number of fused-ring (bicyclic) bond motifs is 1. The molecule has 0 aliphatic carbocycles. The average Bonchev–Trinajstić information content (AvgIpc) is 3.01. The van der Waals surface area contributed by atoms with Gasteiger partial charge < -0.3 is 11.1 Å². The Morgan fingerprint density at radius 1 is 1.32 bits per heavy atom. The number of rotatable bonds is 4. The molecule has 0 unspecified atom stereocenters. The first-order chi connectivity index (χ1) is 10.7. The summed E-state index contributed by atoms with van der Waals surface area (Å²) in [5.74, 6) is 0.573. The number of nitrogens with two attached hydrogens (primary N) is 1. The number of nitrogens with zero attached hydrogens (tertiary/aromatic N) is 1. The molecule has 3 aromatic rings. The van der Waals surface area contributed by atoms with Crippen molar-refractivity contribution in [3.05, 3.63) is 47.5 Å². The predicted molar refractivity (Wildman–Crippen MR) is 91.9 cm³/mol. The molecule has 5 heteroatoms. The van der Waals surface area contributed by atoms with Crippen LogP contribution < -0.4 is 11.1 Å². The quantitative estimate of drug-likeness (QED) is 0.777. The zero-order chi connectivity index (χ0) is 15.5. The molecule has 0 radical (unpaired) electrons. The SMILES string of the molecule is CNC(=O)CCc1cnc(N)c2c(-c3ccccc3)csc12. The van der Waals surface area contributed by atoms with Gasteiger partial charge in [-0.15, -0.1) is 11.3 Å². The Kier molecular flexibility index (Phi) is 4.06. The molecule has 0 fully saturated rings. The second kappa shape index (κ2) is 6.15. The molecule has 1 amide bonds. The Labute approximate surface area is 133 Å². The van der Waals surface area contributed by atoms with Gasteiger partial charge in [0.1, 0.15) is 5.82 Å². The van der Waals surface area contributed by atoms with Crippen molar-refractivity contribution in [1.29, 1.82) is 0 Å². The van der Waals surface area contributed by atoms with Crippen LogP contribution >= 0.6 is 11.3 Å². The Hall–Kier alpha value is -2.40. The van der Waals surface area contributed by atoms with Crippen LogP contribution in [0.3, 0.4) is 0 Å². The number of nitrogens with one attached hydrogen (secondary N) is 1. The van der Waals surface area contributed by atoms with E-state index in [4.69, 9.17) is 5.73 Å². The van der Waals surface area contributed by atoms with Gasteiger partial charge >= 0.3 is 0 Å². The molecule has 3 N–H and O–H groups in total. The number of carbonyl (C=O) groups is 1. The van der Waals surface area contributed by atoms with Crippen molar-refractivity contribution >= 4 is 33.1 Å². The summed E-state index contributed by atoms with van der Waals surface area (Å²) in [6.45, 7) is 0. The average molecular weight is 311 g/mol. The van der Waals surface area contributed by atoms with E-state index in [1.54, 1.807) is 24.6 Å². The van der Waals surface area contributed by atoms with Crippen molar-refractivity contribution in [2.45, 2.75) is 12.8 Å². The lowest BCUT2D eigenvalue weighted by atomic mass is 10.0. The van der Waals surface area contributed by atoms with Crippen LogP contribution in [0.25, 0.3) is 21.2 Å². The Morgan fingerprint density at radius 3 is 2.82 bits per heavy atom. The Balaban J connectivity index is 2.06. The van der Waals surface area contributed by atoms with Gasteiger partial charge in [0, 0.05) is 35.3 Å². The summed E-state index contributed by atoms with van der Waals surface area (Å²) < 4.78 is 1.12. The van der Waals surface area contributed by atoms with Gasteiger partial charge in [0.25, 0.3) is 0 Å². The molecule has 0 aliphatic rings. The normalized spacial score (nSPS) is 10.8. The number of aromatic nitrogens is 1. The first kappa shape index (κ1) is 14.5. The summed E-state index contributed by atoms with van der Waals surface area (Å²) in [6, 6.07) is 10.2. The molecule has 1 aromatic carbocycles. The summed E-state index contributed by atoms with van der Waals surface area (Å²) in [4.78, 5) is 15.8. The topological polar surface area (TPSA) is 68.0 Å². The molecule has 0 aliphatic heterocycles. The number of thiophene rings is 1. The first-order valence-corrected chi connectivity index (χ1v) is 7.99. The van der Waals surface area contributed by atoms with E-state index in [9.17, 15) is 4.79 Å². The van der Waals surface area contributed by atoms with Crippen molar-refractivity contribution in [3.8, 4) is 11.1 Å². The number of anilines is 1. The van der Waals surface area contributed by atoms with E-state index in [1.807, 2.05) is 18.2 Å². The largest absolute Gasteiger partial charge is 0.383 e. The van der Waals surface area contributed by atoms with Crippen molar-refractivity contribution in [2.24, 2.45) is 0 Å². The van der Waals surface area contributed by atoms with Crippen LogP contribution in [-0.4, -0.2) is 17.9 Å². The number of hydrogen-bond donors (Lipinski definition) is 2. The lowest BCUT2D eigenvalue weighted by Gasteiger charge is -2.06. The maximum Gasteiger partial charge on any atom is 0.220 e.